The van der Waals surface area contributed by atoms with Gasteiger partial charge in [-0.15, -0.1) is 0 Å². The topological polar surface area (TPSA) is 83.6 Å². The summed E-state index contributed by atoms with van der Waals surface area (Å²) in [6.45, 7) is 12.3. The summed E-state index contributed by atoms with van der Waals surface area (Å²) in [5, 5.41) is 15.3. The highest BCUT2D eigenvalue weighted by atomic mass is 15.3. The van der Waals surface area contributed by atoms with Crippen LogP contribution in [0.3, 0.4) is 0 Å². The molecule has 0 saturated carbocycles. The van der Waals surface area contributed by atoms with Crippen molar-refractivity contribution < 1.29 is 0 Å². The van der Waals surface area contributed by atoms with Crippen LogP contribution in [0.25, 0.3) is 11.3 Å². The lowest BCUT2D eigenvalue weighted by Gasteiger charge is -2.23. The summed E-state index contributed by atoms with van der Waals surface area (Å²) in [5.41, 5.74) is 6.44. The molecule has 4 aromatic rings. The fourth-order valence-electron chi connectivity index (χ4n) is 4.64. The number of nitrogens with one attached hydrogen (secondary N) is 3. The zero-order chi connectivity index (χ0) is 22.9. The molecular weight excluding hydrogens is 412 g/mol. The summed E-state index contributed by atoms with van der Waals surface area (Å²) in [4.78, 5) is 9.69. The van der Waals surface area contributed by atoms with Crippen LogP contribution in [0.5, 0.6) is 0 Å². The van der Waals surface area contributed by atoms with Gasteiger partial charge in [-0.05, 0) is 69.3 Å². The molecular formula is C25H34N8. The summed E-state index contributed by atoms with van der Waals surface area (Å²) in [5.74, 6) is 2.86. The SMILES string of the molecule is Cc1ccn2c(CNc3cc(NCC4CCNCC4)nc4c(C(C)C)cnn34)c(C)nc2c1. The predicted octanol–water partition coefficient (Wildman–Crippen LogP) is 4.14. The lowest BCUT2D eigenvalue weighted by molar-refractivity contribution is 0.389. The Labute approximate surface area is 194 Å². The molecule has 0 aromatic carbocycles. The van der Waals surface area contributed by atoms with Crippen molar-refractivity contribution in [2.24, 2.45) is 5.92 Å². The van der Waals surface area contributed by atoms with E-state index in [4.69, 9.17) is 9.97 Å². The average Bonchev–Trinajstić information content (AvgIpc) is 3.37. The molecule has 0 aliphatic carbocycles. The largest absolute Gasteiger partial charge is 0.370 e. The molecule has 0 amide bonds. The van der Waals surface area contributed by atoms with Crippen molar-refractivity contribution >= 4 is 22.9 Å². The summed E-state index contributed by atoms with van der Waals surface area (Å²) in [6, 6.07) is 6.31. The van der Waals surface area contributed by atoms with Crippen LogP contribution in [-0.4, -0.2) is 43.6 Å². The first kappa shape index (κ1) is 21.7. The van der Waals surface area contributed by atoms with Crippen molar-refractivity contribution in [3.63, 3.8) is 0 Å². The van der Waals surface area contributed by atoms with Crippen LogP contribution >= 0.6 is 0 Å². The van der Waals surface area contributed by atoms with Crippen LogP contribution in [0.1, 0.15) is 55.1 Å². The van der Waals surface area contributed by atoms with Gasteiger partial charge in [0.15, 0.2) is 5.65 Å². The highest BCUT2D eigenvalue weighted by Crippen LogP contribution is 2.25. The van der Waals surface area contributed by atoms with E-state index in [2.05, 4.69) is 77.5 Å². The molecule has 8 heteroatoms. The third-order valence-electron chi connectivity index (χ3n) is 6.67. The van der Waals surface area contributed by atoms with E-state index in [0.717, 1.165) is 59.5 Å². The molecule has 5 heterocycles. The molecule has 1 fully saturated rings. The number of fused-ring (bicyclic) bond motifs is 2. The second kappa shape index (κ2) is 9.02. The maximum atomic E-state index is 4.94. The van der Waals surface area contributed by atoms with E-state index < -0.39 is 0 Å². The fourth-order valence-corrected chi connectivity index (χ4v) is 4.64. The number of rotatable bonds is 7. The molecule has 1 aliphatic rings. The standard InChI is InChI=1S/C25H34N8/c1-16(2)20-14-29-33-23(12-22(31-25(20)33)27-13-19-5-8-26-9-6-19)28-15-21-18(4)30-24-11-17(3)7-10-32(21)24/h7,10-12,14,16,19,26,28H,5-6,8-9,13,15H2,1-4H3,(H,27,31). The van der Waals surface area contributed by atoms with Gasteiger partial charge in [-0.3, -0.25) is 0 Å². The Morgan fingerprint density at radius 1 is 1.12 bits per heavy atom. The molecule has 0 bridgehead atoms. The molecule has 174 valence electrons. The molecule has 0 radical (unpaired) electrons. The maximum absolute atomic E-state index is 4.94. The number of hydrogen-bond donors (Lipinski definition) is 3. The van der Waals surface area contributed by atoms with Crippen molar-refractivity contribution in [1.82, 2.24) is 29.3 Å². The van der Waals surface area contributed by atoms with Crippen LogP contribution in [0.2, 0.25) is 0 Å². The first-order valence-corrected chi connectivity index (χ1v) is 12.0. The van der Waals surface area contributed by atoms with Gasteiger partial charge in [0.1, 0.15) is 17.3 Å². The Bertz CT molecular complexity index is 1260. The van der Waals surface area contributed by atoms with Gasteiger partial charge >= 0.3 is 0 Å². The van der Waals surface area contributed by atoms with Gasteiger partial charge in [-0.1, -0.05) is 13.8 Å². The van der Waals surface area contributed by atoms with Crippen LogP contribution < -0.4 is 16.0 Å². The molecule has 0 atom stereocenters. The minimum absolute atomic E-state index is 0.353. The van der Waals surface area contributed by atoms with Gasteiger partial charge in [-0.25, -0.2) is 9.97 Å². The first-order chi connectivity index (χ1) is 16.0. The summed E-state index contributed by atoms with van der Waals surface area (Å²) in [7, 11) is 0. The number of piperidine rings is 1. The van der Waals surface area contributed by atoms with E-state index in [1.807, 2.05) is 10.7 Å². The Morgan fingerprint density at radius 2 is 1.94 bits per heavy atom. The van der Waals surface area contributed by atoms with E-state index in [0.29, 0.717) is 18.4 Å². The van der Waals surface area contributed by atoms with Crippen molar-refractivity contribution in [2.75, 3.05) is 30.3 Å². The van der Waals surface area contributed by atoms with Crippen LogP contribution in [0.4, 0.5) is 11.6 Å². The second-order valence-corrected chi connectivity index (χ2v) is 9.52. The Kier molecular flexibility index (Phi) is 5.93. The van der Waals surface area contributed by atoms with Crippen molar-refractivity contribution in [3.8, 4) is 0 Å². The molecule has 8 nitrogen and oxygen atoms in total. The molecule has 1 aliphatic heterocycles. The van der Waals surface area contributed by atoms with Gasteiger partial charge in [0, 0.05) is 24.4 Å². The Hall–Kier alpha value is -3.13. The van der Waals surface area contributed by atoms with E-state index in [9.17, 15) is 0 Å². The fraction of sp³-hybridized carbons (Fsp3) is 0.480. The zero-order valence-corrected chi connectivity index (χ0v) is 20.0. The van der Waals surface area contributed by atoms with Crippen molar-refractivity contribution in [1.29, 1.82) is 0 Å². The number of anilines is 2. The minimum atomic E-state index is 0.353. The number of pyridine rings is 1. The number of nitrogens with zero attached hydrogens (tertiary/aromatic N) is 5. The first-order valence-electron chi connectivity index (χ1n) is 12.0. The highest BCUT2D eigenvalue weighted by molar-refractivity contribution is 5.61. The smallest absolute Gasteiger partial charge is 0.163 e. The molecule has 4 aromatic heterocycles. The van der Waals surface area contributed by atoms with Crippen LogP contribution in [0, 0.1) is 19.8 Å². The van der Waals surface area contributed by atoms with Crippen molar-refractivity contribution in [3.05, 3.63) is 53.1 Å². The van der Waals surface area contributed by atoms with Gasteiger partial charge in [0.25, 0.3) is 0 Å². The van der Waals surface area contributed by atoms with Gasteiger partial charge in [0.05, 0.1) is 24.1 Å². The highest BCUT2D eigenvalue weighted by Gasteiger charge is 2.17. The number of hydrogen-bond acceptors (Lipinski definition) is 6. The van der Waals surface area contributed by atoms with Gasteiger partial charge < -0.3 is 20.4 Å². The zero-order valence-electron chi connectivity index (χ0n) is 20.0. The third kappa shape index (κ3) is 4.39. The van der Waals surface area contributed by atoms with Crippen molar-refractivity contribution in [2.45, 2.75) is 53.0 Å². The van der Waals surface area contributed by atoms with Gasteiger partial charge in [0.2, 0.25) is 0 Å². The summed E-state index contributed by atoms with van der Waals surface area (Å²) >= 11 is 0. The van der Waals surface area contributed by atoms with Crippen LogP contribution in [0.15, 0.2) is 30.6 Å². The third-order valence-corrected chi connectivity index (χ3v) is 6.67. The number of imidazole rings is 1. The van der Waals surface area contributed by atoms with E-state index in [-0.39, 0.29) is 0 Å². The van der Waals surface area contributed by atoms with E-state index in [1.165, 1.54) is 18.4 Å². The lowest BCUT2D eigenvalue weighted by atomic mass is 9.98. The monoisotopic (exact) mass is 446 g/mol. The summed E-state index contributed by atoms with van der Waals surface area (Å²) < 4.78 is 4.08. The van der Waals surface area contributed by atoms with Gasteiger partial charge in [-0.2, -0.15) is 9.61 Å². The second-order valence-electron chi connectivity index (χ2n) is 9.52. The molecule has 1 saturated heterocycles. The summed E-state index contributed by atoms with van der Waals surface area (Å²) in [6.07, 6.45) is 6.45. The Balaban J connectivity index is 1.44. The quantitative estimate of drug-likeness (QED) is 0.396. The number of aryl methyl sites for hydroxylation is 2. The average molecular weight is 447 g/mol. The normalized spacial score (nSPS) is 15.1. The maximum Gasteiger partial charge on any atom is 0.163 e. The molecule has 5 rings (SSSR count). The molecule has 33 heavy (non-hydrogen) atoms. The Morgan fingerprint density at radius 3 is 2.73 bits per heavy atom. The van der Waals surface area contributed by atoms with E-state index >= 15 is 0 Å². The van der Waals surface area contributed by atoms with E-state index in [1.54, 1.807) is 0 Å². The minimum Gasteiger partial charge on any atom is -0.370 e. The predicted molar refractivity (Wildman–Crippen MR) is 133 cm³/mol. The number of aromatic nitrogens is 5. The molecule has 0 unspecified atom stereocenters. The molecule has 0 spiro atoms. The lowest BCUT2D eigenvalue weighted by Crippen LogP contribution is -2.31. The molecule has 3 N–H and O–H groups in total. The van der Waals surface area contributed by atoms with Crippen LogP contribution in [-0.2, 0) is 6.54 Å².